The molecule has 0 bridgehead atoms. The van der Waals surface area contributed by atoms with Crippen molar-refractivity contribution in [3.63, 3.8) is 0 Å². The summed E-state index contributed by atoms with van der Waals surface area (Å²) in [5, 5.41) is 2.88. The fourth-order valence-corrected chi connectivity index (χ4v) is 3.48. The Kier molecular flexibility index (Phi) is 4.86. The molecule has 1 N–H and O–H groups in total. The second-order valence-electron chi connectivity index (χ2n) is 7.26. The van der Waals surface area contributed by atoms with E-state index in [9.17, 15) is 4.79 Å². The molecule has 1 aliphatic rings. The number of para-hydroxylation sites is 2. The molecule has 1 fully saturated rings. The van der Waals surface area contributed by atoms with E-state index in [0.717, 1.165) is 46.9 Å². The minimum Gasteiger partial charge on any atom is -0.487 e. The average molecular weight is 376 g/mol. The number of rotatable bonds is 5. The fourth-order valence-electron chi connectivity index (χ4n) is 3.48. The summed E-state index contributed by atoms with van der Waals surface area (Å²) in [7, 11) is 0. The lowest BCUT2D eigenvalue weighted by molar-refractivity contribution is -0.119. The van der Waals surface area contributed by atoms with E-state index in [1.54, 1.807) is 0 Å². The van der Waals surface area contributed by atoms with Gasteiger partial charge in [0.25, 0.3) is 0 Å². The molecule has 0 spiro atoms. The first-order chi connectivity index (χ1) is 13.5. The number of hydrogen-bond donors (Lipinski definition) is 1. The molecule has 4 rings (SSSR count). The molecule has 0 radical (unpaired) electrons. The number of nitrogens with one attached hydrogen (secondary N) is 1. The smallest absolute Gasteiger partial charge is 0.217 e. The van der Waals surface area contributed by atoms with Crippen LogP contribution in [0.2, 0.25) is 0 Å². The van der Waals surface area contributed by atoms with Crippen LogP contribution in [0.1, 0.15) is 31.1 Å². The SMILES string of the molecule is CC(=O)N[C@@H](C)c1ccc(OC2CN(c3nc4ccccc4nc3C)C2)cc1. The number of amides is 1. The maximum absolute atomic E-state index is 11.2. The van der Waals surface area contributed by atoms with Crippen LogP contribution in [0.15, 0.2) is 48.5 Å². The topological polar surface area (TPSA) is 67.3 Å². The summed E-state index contributed by atoms with van der Waals surface area (Å²) in [6.07, 6.45) is 0.131. The molecule has 1 aromatic heterocycles. The lowest BCUT2D eigenvalue weighted by Gasteiger charge is -2.40. The molecule has 1 saturated heterocycles. The number of hydrogen-bond acceptors (Lipinski definition) is 5. The zero-order chi connectivity index (χ0) is 19.7. The van der Waals surface area contributed by atoms with Crippen molar-refractivity contribution in [1.82, 2.24) is 15.3 Å². The highest BCUT2D eigenvalue weighted by atomic mass is 16.5. The molecule has 0 unspecified atom stereocenters. The largest absolute Gasteiger partial charge is 0.487 e. The van der Waals surface area contributed by atoms with Crippen molar-refractivity contribution in [2.45, 2.75) is 32.9 Å². The van der Waals surface area contributed by atoms with Gasteiger partial charge in [-0.15, -0.1) is 0 Å². The van der Waals surface area contributed by atoms with Crippen LogP contribution >= 0.6 is 0 Å². The number of ether oxygens (including phenoxy) is 1. The van der Waals surface area contributed by atoms with Gasteiger partial charge in [-0.05, 0) is 43.7 Å². The van der Waals surface area contributed by atoms with Gasteiger partial charge in [0.2, 0.25) is 5.91 Å². The summed E-state index contributed by atoms with van der Waals surface area (Å²) in [6, 6.07) is 15.8. The van der Waals surface area contributed by atoms with Crippen LogP contribution in [0, 0.1) is 6.92 Å². The minimum absolute atomic E-state index is 0.0137. The highest BCUT2D eigenvalue weighted by molar-refractivity contribution is 5.76. The molecule has 6 heteroatoms. The first-order valence-electron chi connectivity index (χ1n) is 9.51. The molecule has 144 valence electrons. The number of aromatic nitrogens is 2. The van der Waals surface area contributed by atoms with Crippen LogP contribution in [0.25, 0.3) is 11.0 Å². The van der Waals surface area contributed by atoms with Gasteiger partial charge in [-0.3, -0.25) is 4.79 Å². The zero-order valence-electron chi connectivity index (χ0n) is 16.3. The maximum atomic E-state index is 11.2. The van der Waals surface area contributed by atoms with Crippen molar-refractivity contribution in [1.29, 1.82) is 0 Å². The highest BCUT2D eigenvalue weighted by Gasteiger charge is 2.31. The van der Waals surface area contributed by atoms with Gasteiger partial charge in [-0.25, -0.2) is 9.97 Å². The summed E-state index contributed by atoms with van der Waals surface area (Å²) >= 11 is 0. The second-order valence-corrected chi connectivity index (χ2v) is 7.26. The van der Waals surface area contributed by atoms with Gasteiger partial charge in [0, 0.05) is 6.92 Å². The molecule has 1 amide bonds. The van der Waals surface area contributed by atoms with Gasteiger partial charge in [0.15, 0.2) is 5.82 Å². The highest BCUT2D eigenvalue weighted by Crippen LogP contribution is 2.27. The lowest BCUT2D eigenvalue weighted by Crippen LogP contribution is -2.54. The Morgan fingerprint density at radius 2 is 1.75 bits per heavy atom. The Hall–Kier alpha value is -3.15. The summed E-state index contributed by atoms with van der Waals surface area (Å²) in [4.78, 5) is 22.8. The van der Waals surface area contributed by atoms with Crippen LogP contribution in [-0.4, -0.2) is 35.1 Å². The van der Waals surface area contributed by atoms with E-state index in [1.807, 2.05) is 62.4 Å². The van der Waals surface area contributed by atoms with E-state index in [2.05, 4.69) is 15.2 Å². The van der Waals surface area contributed by atoms with Gasteiger partial charge >= 0.3 is 0 Å². The average Bonchev–Trinajstić information content (AvgIpc) is 2.64. The maximum Gasteiger partial charge on any atom is 0.217 e. The van der Waals surface area contributed by atoms with Crippen LogP contribution in [-0.2, 0) is 4.79 Å². The van der Waals surface area contributed by atoms with E-state index in [4.69, 9.17) is 9.72 Å². The molecule has 28 heavy (non-hydrogen) atoms. The van der Waals surface area contributed by atoms with Gasteiger partial charge in [-0.2, -0.15) is 0 Å². The van der Waals surface area contributed by atoms with E-state index in [0.29, 0.717) is 0 Å². The molecule has 6 nitrogen and oxygen atoms in total. The molecule has 0 saturated carbocycles. The molecule has 0 aliphatic carbocycles. The summed E-state index contributed by atoms with van der Waals surface area (Å²) < 4.78 is 6.07. The van der Waals surface area contributed by atoms with Crippen molar-refractivity contribution >= 4 is 22.8 Å². The van der Waals surface area contributed by atoms with Crippen LogP contribution in [0.3, 0.4) is 0 Å². The summed E-state index contributed by atoms with van der Waals surface area (Å²) in [5.41, 5.74) is 3.83. The number of aryl methyl sites for hydroxylation is 1. The predicted molar refractivity (Wildman–Crippen MR) is 110 cm³/mol. The molecule has 2 aromatic carbocycles. The van der Waals surface area contributed by atoms with Crippen LogP contribution in [0.5, 0.6) is 5.75 Å². The Morgan fingerprint density at radius 3 is 2.39 bits per heavy atom. The quantitative estimate of drug-likeness (QED) is 0.739. The molecular weight excluding hydrogens is 352 g/mol. The second kappa shape index (κ2) is 7.46. The normalized spacial score (nSPS) is 15.2. The van der Waals surface area contributed by atoms with Crippen molar-refractivity contribution in [3.05, 3.63) is 59.8 Å². The molecule has 2 heterocycles. The Morgan fingerprint density at radius 1 is 1.11 bits per heavy atom. The summed E-state index contributed by atoms with van der Waals surface area (Å²) in [6.45, 7) is 7.07. The number of fused-ring (bicyclic) bond motifs is 1. The standard InChI is InChI=1S/C22H24N4O2/c1-14(23-16(3)27)17-8-10-18(11-9-17)28-19-12-26(13-19)22-15(2)24-20-6-4-5-7-21(20)25-22/h4-11,14,19H,12-13H2,1-3H3,(H,23,27)/t14-/m0/s1. The fraction of sp³-hybridized carbons (Fsp3) is 0.318. The number of nitrogens with zero attached hydrogens (tertiary/aromatic N) is 3. The van der Waals surface area contributed by atoms with Gasteiger partial charge in [0.1, 0.15) is 11.9 Å². The van der Waals surface area contributed by atoms with Gasteiger partial charge in [0.05, 0.1) is 35.9 Å². The van der Waals surface area contributed by atoms with Crippen molar-refractivity contribution in [3.8, 4) is 5.75 Å². The van der Waals surface area contributed by atoms with Gasteiger partial charge in [-0.1, -0.05) is 24.3 Å². The van der Waals surface area contributed by atoms with E-state index in [1.165, 1.54) is 6.92 Å². The first-order valence-corrected chi connectivity index (χ1v) is 9.51. The van der Waals surface area contributed by atoms with E-state index in [-0.39, 0.29) is 18.1 Å². The number of carbonyl (C=O) groups is 1. The Balaban J connectivity index is 1.37. The third-order valence-corrected chi connectivity index (χ3v) is 4.97. The van der Waals surface area contributed by atoms with E-state index >= 15 is 0 Å². The van der Waals surface area contributed by atoms with Crippen molar-refractivity contribution < 1.29 is 9.53 Å². The number of carbonyl (C=O) groups excluding carboxylic acids is 1. The van der Waals surface area contributed by atoms with Crippen LogP contribution in [0.4, 0.5) is 5.82 Å². The molecule has 1 atom stereocenters. The Bertz CT molecular complexity index is 997. The predicted octanol–water partition coefficient (Wildman–Crippen LogP) is 3.40. The minimum atomic E-state index is -0.0329. The number of anilines is 1. The van der Waals surface area contributed by atoms with E-state index < -0.39 is 0 Å². The van der Waals surface area contributed by atoms with Gasteiger partial charge < -0.3 is 15.0 Å². The molecule has 1 aliphatic heterocycles. The molecule has 3 aromatic rings. The van der Waals surface area contributed by atoms with Crippen LogP contribution < -0.4 is 15.0 Å². The summed E-state index contributed by atoms with van der Waals surface area (Å²) in [5.74, 6) is 1.73. The number of benzene rings is 2. The van der Waals surface area contributed by atoms with Crippen molar-refractivity contribution in [2.75, 3.05) is 18.0 Å². The Labute approximate surface area is 164 Å². The zero-order valence-corrected chi connectivity index (χ0v) is 16.3. The first kappa shape index (κ1) is 18.2. The lowest BCUT2D eigenvalue weighted by atomic mass is 10.1. The third kappa shape index (κ3) is 3.76. The monoisotopic (exact) mass is 376 g/mol. The molecular formula is C22H24N4O2. The van der Waals surface area contributed by atoms with Crippen molar-refractivity contribution in [2.24, 2.45) is 0 Å². The third-order valence-electron chi connectivity index (χ3n) is 4.97.